The Morgan fingerprint density at radius 2 is 1.96 bits per heavy atom. The van der Waals surface area contributed by atoms with Gasteiger partial charge in [-0.15, -0.1) is 6.58 Å². The third kappa shape index (κ3) is 5.00. The van der Waals surface area contributed by atoms with Crippen molar-refractivity contribution >= 4 is 12.0 Å². The Balaban J connectivity index is 1.71. The van der Waals surface area contributed by atoms with Crippen molar-refractivity contribution in [2.24, 2.45) is 5.92 Å². The lowest BCUT2D eigenvalue weighted by Crippen LogP contribution is -2.44. The van der Waals surface area contributed by atoms with Crippen LogP contribution in [0.5, 0.6) is 0 Å². The summed E-state index contributed by atoms with van der Waals surface area (Å²) in [7, 11) is 0. The molecule has 0 bridgehead atoms. The van der Waals surface area contributed by atoms with Gasteiger partial charge >= 0.3 is 6.09 Å². The Morgan fingerprint density at radius 3 is 2.61 bits per heavy atom. The summed E-state index contributed by atoms with van der Waals surface area (Å²) in [5, 5.41) is 0. The van der Waals surface area contributed by atoms with Crippen molar-refractivity contribution in [3.63, 3.8) is 0 Å². The first kappa shape index (κ1) is 20.6. The van der Waals surface area contributed by atoms with Gasteiger partial charge in [-0.3, -0.25) is 4.79 Å². The summed E-state index contributed by atoms with van der Waals surface area (Å²) < 4.78 is 16.5. The molecule has 1 aromatic rings. The van der Waals surface area contributed by atoms with E-state index in [1.54, 1.807) is 0 Å². The molecule has 1 aromatic carbocycles. The molecule has 152 valence electrons. The van der Waals surface area contributed by atoms with Crippen LogP contribution < -0.4 is 0 Å². The van der Waals surface area contributed by atoms with Gasteiger partial charge in [0.05, 0.1) is 19.3 Å². The number of carbonyl (C=O) groups excluding carboxylic acids is 2. The Hall–Kier alpha value is -2.18. The maximum Gasteiger partial charge on any atom is 0.416 e. The van der Waals surface area contributed by atoms with E-state index < -0.39 is 11.9 Å². The zero-order valence-electron chi connectivity index (χ0n) is 16.7. The van der Waals surface area contributed by atoms with Crippen LogP contribution in [0.2, 0.25) is 0 Å². The van der Waals surface area contributed by atoms with E-state index in [1.807, 2.05) is 44.2 Å². The van der Waals surface area contributed by atoms with Gasteiger partial charge in [-0.25, -0.2) is 9.69 Å². The highest BCUT2D eigenvalue weighted by Gasteiger charge is 2.41. The molecule has 28 heavy (non-hydrogen) atoms. The van der Waals surface area contributed by atoms with E-state index in [1.165, 1.54) is 4.90 Å². The summed E-state index contributed by atoms with van der Waals surface area (Å²) in [6.07, 6.45) is 1.70. The number of benzene rings is 1. The van der Waals surface area contributed by atoms with Crippen LogP contribution in [0.3, 0.4) is 0 Å². The lowest BCUT2D eigenvalue weighted by Gasteiger charge is -2.28. The molecule has 2 fully saturated rings. The normalized spacial score (nSPS) is 22.1. The Labute approximate surface area is 166 Å². The number of allylic oxidation sites excluding steroid dienone is 1. The number of rotatable bonds is 8. The quantitative estimate of drug-likeness (QED) is 0.637. The molecule has 2 amide bonds. The van der Waals surface area contributed by atoms with Crippen LogP contribution in [0.25, 0.3) is 0 Å². The lowest BCUT2D eigenvalue weighted by molar-refractivity contribution is -0.152. The molecule has 2 saturated heterocycles. The minimum Gasteiger partial charge on any atom is -0.447 e. The highest BCUT2D eigenvalue weighted by atomic mass is 16.7. The summed E-state index contributed by atoms with van der Waals surface area (Å²) in [5.41, 5.74) is 1.98. The van der Waals surface area contributed by atoms with E-state index in [4.69, 9.17) is 14.2 Å². The standard InChI is InChI=1S/C22H29NO5/c1-16(2)13-18(9-10-22(3)27-11-12-28-22)20(24)23-19(15-26-21(23)25)14-17-7-5-4-6-8-17/h4-8,18-19H,1,9-15H2,2-3H3/t18-,19+/m0/s1. The molecular weight excluding hydrogens is 358 g/mol. The molecule has 2 aliphatic heterocycles. The zero-order valence-corrected chi connectivity index (χ0v) is 16.7. The van der Waals surface area contributed by atoms with Gasteiger partial charge in [0.2, 0.25) is 5.91 Å². The van der Waals surface area contributed by atoms with E-state index >= 15 is 0 Å². The molecule has 0 unspecified atom stereocenters. The highest BCUT2D eigenvalue weighted by molar-refractivity contribution is 5.95. The van der Waals surface area contributed by atoms with Gasteiger partial charge < -0.3 is 14.2 Å². The van der Waals surface area contributed by atoms with Gasteiger partial charge in [-0.1, -0.05) is 35.9 Å². The minimum absolute atomic E-state index is 0.201. The van der Waals surface area contributed by atoms with Gasteiger partial charge in [0, 0.05) is 12.3 Å². The predicted octanol–water partition coefficient (Wildman–Crippen LogP) is 3.70. The molecule has 6 heteroatoms. The van der Waals surface area contributed by atoms with E-state index in [0.717, 1.165) is 11.1 Å². The van der Waals surface area contributed by atoms with E-state index in [0.29, 0.717) is 38.9 Å². The number of ether oxygens (including phenoxy) is 3. The van der Waals surface area contributed by atoms with Gasteiger partial charge in [0.25, 0.3) is 0 Å². The molecular formula is C22H29NO5. The van der Waals surface area contributed by atoms with Crippen molar-refractivity contribution in [3.8, 4) is 0 Å². The summed E-state index contributed by atoms with van der Waals surface area (Å²) in [4.78, 5) is 26.9. The second-order valence-electron chi connectivity index (χ2n) is 7.86. The largest absolute Gasteiger partial charge is 0.447 e. The maximum absolute atomic E-state index is 13.3. The first-order valence-electron chi connectivity index (χ1n) is 9.84. The first-order valence-corrected chi connectivity index (χ1v) is 9.84. The molecule has 2 aliphatic rings. The average molecular weight is 387 g/mol. The topological polar surface area (TPSA) is 65.1 Å². The third-order valence-electron chi connectivity index (χ3n) is 5.30. The van der Waals surface area contributed by atoms with Crippen molar-refractivity contribution in [3.05, 3.63) is 48.0 Å². The van der Waals surface area contributed by atoms with Gasteiger partial charge in [0.15, 0.2) is 5.79 Å². The SMILES string of the molecule is C=C(C)C[C@H](CCC1(C)OCCO1)C(=O)N1C(=O)OC[C@H]1Cc1ccccc1. The fraction of sp³-hybridized carbons (Fsp3) is 0.545. The first-order chi connectivity index (χ1) is 13.4. The molecule has 0 N–H and O–H groups in total. The third-order valence-corrected chi connectivity index (χ3v) is 5.30. The monoisotopic (exact) mass is 387 g/mol. The van der Waals surface area contributed by atoms with E-state index in [9.17, 15) is 9.59 Å². The summed E-state index contributed by atoms with van der Waals surface area (Å²) in [6.45, 7) is 9.10. The van der Waals surface area contributed by atoms with Gasteiger partial charge in [0.1, 0.15) is 6.61 Å². The van der Waals surface area contributed by atoms with Crippen LogP contribution in [0.4, 0.5) is 4.79 Å². The predicted molar refractivity (Wildman–Crippen MR) is 105 cm³/mol. The van der Waals surface area contributed by atoms with Crippen molar-refractivity contribution in [1.82, 2.24) is 4.90 Å². The Kier molecular flexibility index (Phi) is 6.52. The molecule has 2 heterocycles. The highest BCUT2D eigenvalue weighted by Crippen LogP contribution is 2.30. The fourth-order valence-electron chi connectivity index (χ4n) is 3.83. The summed E-state index contributed by atoms with van der Waals surface area (Å²) >= 11 is 0. The smallest absolute Gasteiger partial charge is 0.416 e. The second kappa shape index (κ2) is 8.88. The lowest BCUT2D eigenvalue weighted by atomic mass is 9.91. The molecule has 0 aromatic heterocycles. The number of hydrogen-bond donors (Lipinski definition) is 0. The second-order valence-corrected chi connectivity index (χ2v) is 7.86. The zero-order chi connectivity index (χ0) is 20.1. The molecule has 0 radical (unpaired) electrons. The molecule has 2 atom stereocenters. The number of carbonyl (C=O) groups is 2. The number of nitrogens with zero attached hydrogens (tertiary/aromatic N) is 1. The number of imide groups is 1. The molecule has 0 aliphatic carbocycles. The Morgan fingerprint density at radius 1 is 1.29 bits per heavy atom. The number of hydrogen-bond acceptors (Lipinski definition) is 5. The maximum atomic E-state index is 13.3. The van der Waals surface area contributed by atoms with Crippen LogP contribution in [0.15, 0.2) is 42.5 Å². The van der Waals surface area contributed by atoms with Crippen LogP contribution in [0, 0.1) is 5.92 Å². The molecule has 3 rings (SSSR count). The molecule has 6 nitrogen and oxygen atoms in total. The summed E-state index contributed by atoms with van der Waals surface area (Å²) in [5.74, 6) is -1.22. The van der Waals surface area contributed by atoms with Gasteiger partial charge in [-0.2, -0.15) is 0 Å². The van der Waals surface area contributed by atoms with E-state index in [-0.39, 0.29) is 24.5 Å². The van der Waals surface area contributed by atoms with Crippen molar-refractivity contribution in [1.29, 1.82) is 0 Å². The van der Waals surface area contributed by atoms with Crippen molar-refractivity contribution < 1.29 is 23.8 Å². The number of cyclic esters (lactones) is 1. The van der Waals surface area contributed by atoms with Gasteiger partial charge in [-0.05, 0) is 38.7 Å². The van der Waals surface area contributed by atoms with Crippen LogP contribution in [-0.4, -0.2) is 48.5 Å². The Bertz CT molecular complexity index is 711. The summed E-state index contributed by atoms with van der Waals surface area (Å²) in [6, 6.07) is 9.54. The molecule has 0 spiro atoms. The number of amides is 2. The van der Waals surface area contributed by atoms with Crippen molar-refractivity contribution in [2.75, 3.05) is 19.8 Å². The minimum atomic E-state index is -0.664. The van der Waals surface area contributed by atoms with Crippen LogP contribution >= 0.6 is 0 Å². The van der Waals surface area contributed by atoms with Crippen molar-refractivity contribution in [2.45, 2.75) is 51.4 Å². The fourth-order valence-corrected chi connectivity index (χ4v) is 3.83. The van der Waals surface area contributed by atoms with E-state index in [2.05, 4.69) is 6.58 Å². The molecule has 0 saturated carbocycles. The van der Waals surface area contributed by atoms with Crippen LogP contribution in [-0.2, 0) is 25.4 Å². The average Bonchev–Trinajstić information content (AvgIpc) is 3.25. The van der Waals surface area contributed by atoms with Crippen LogP contribution in [0.1, 0.15) is 38.7 Å².